The van der Waals surface area contributed by atoms with Crippen LogP contribution in [0.25, 0.3) is 16.3 Å². The number of ether oxygens (including phenoxy) is 1. The first kappa shape index (κ1) is 39.9. The van der Waals surface area contributed by atoms with Gasteiger partial charge in [-0.1, -0.05) is 20.4 Å². The van der Waals surface area contributed by atoms with Crippen LogP contribution in [0.5, 0.6) is 5.75 Å². The zero-order valence-electron chi connectivity index (χ0n) is 26.0. The highest BCUT2D eigenvalue weighted by Gasteiger charge is 2.16. The lowest BCUT2D eigenvalue weighted by Gasteiger charge is -2.10. The molecule has 45 heavy (non-hydrogen) atoms. The molecule has 12 heteroatoms. The van der Waals surface area contributed by atoms with E-state index >= 15 is 0 Å². The summed E-state index contributed by atoms with van der Waals surface area (Å²) in [5.74, 6) is -0.375. The number of thiophene rings is 1. The summed E-state index contributed by atoms with van der Waals surface area (Å²) in [5, 5.41) is 5.75. The molecule has 9 nitrogen and oxygen atoms in total. The van der Waals surface area contributed by atoms with Crippen LogP contribution < -0.4 is 21.1 Å². The number of nitrogens with two attached hydrogens (primary N) is 1. The minimum absolute atomic E-state index is 0.0278. The topological polar surface area (TPSA) is 136 Å². The Labute approximate surface area is 266 Å². The third-order valence-corrected chi connectivity index (χ3v) is 6.28. The van der Waals surface area contributed by atoms with Crippen LogP contribution in [0, 0.1) is 11.6 Å². The lowest BCUT2D eigenvalue weighted by molar-refractivity contribution is -0.114. The smallest absolute Gasteiger partial charge is 0.167 e. The van der Waals surface area contributed by atoms with Crippen molar-refractivity contribution in [3.8, 4) is 16.3 Å². The van der Waals surface area contributed by atoms with Crippen LogP contribution in [0.3, 0.4) is 0 Å². The molecule has 0 saturated carbocycles. The van der Waals surface area contributed by atoms with Gasteiger partial charge in [-0.3, -0.25) is 14.8 Å². The summed E-state index contributed by atoms with van der Waals surface area (Å²) in [6.07, 6.45) is 3.38. The van der Waals surface area contributed by atoms with Crippen LogP contribution >= 0.6 is 11.3 Å². The summed E-state index contributed by atoms with van der Waals surface area (Å²) in [5.41, 5.74) is 7.80. The second-order valence-corrected chi connectivity index (χ2v) is 8.88. The fraction of sp³-hybridized carbons (Fsp3) is 0.182. The van der Waals surface area contributed by atoms with Crippen LogP contribution in [0.1, 0.15) is 35.5 Å². The number of hydrogen-bond donors (Lipinski definition) is 3. The molecule has 0 fully saturated rings. The van der Waals surface area contributed by atoms with Crippen molar-refractivity contribution >= 4 is 59.7 Å². The van der Waals surface area contributed by atoms with Gasteiger partial charge in [0.05, 0.1) is 27.6 Å². The number of rotatable bonds is 10. The van der Waals surface area contributed by atoms with Crippen molar-refractivity contribution in [2.75, 3.05) is 31.8 Å². The molecule has 240 valence electrons. The number of carbonyl (C=O) groups is 3. The number of pyridine rings is 1. The van der Waals surface area contributed by atoms with Crippen molar-refractivity contribution < 1.29 is 27.9 Å². The van der Waals surface area contributed by atoms with E-state index in [0.29, 0.717) is 40.1 Å². The summed E-state index contributed by atoms with van der Waals surface area (Å²) in [6.45, 7) is 11.5. The number of nitrogens with one attached hydrogen (secondary N) is 2. The molecule has 0 saturated heterocycles. The molecule has 4 N–H and O–H groups in total. The van der Waals surface area contributed by atoms with E-state index in [0.717, 1.165) is 16.9 Å². The molecule has 0 amide bonds. The number of aromatic nitrogens is 1. The van der Waals surface area contributed by atoms with Crippen molar-refractivity contribution in [2.24, 2.45) is 10.7 Å². The fourth-order valence-electron chi connectivity index (χ4n) is 3.02. The van der Waals surface area contributed by atoms with E-state index in [1.807, 2.05) is 13.8 Å². The van der Waals surface area contributed by atoms with E-state index < -0.39 is 5.82 Å². The van der Waals surface area contributed by atoms with Gasteiger partial charge >= 0.3 is 0 Å². The van der Waals surface area contributed by atoms with Crippen molar-refractivity contribution in [1.82, 2.24) is 4.98 Å². The van der Waals surface area contributed by atoms with Crippen molar-refractivity contribution in [3.63, 3.8) is 0 Å². The van der Waals surface area contributed by atoms with E-state index in [4.69, 9.17) is 4.74 Å². The number of anilines is 2. The maximum Gasteiger partial charge on any atom is 0.167 e. The molecule has 2 aromatic heterocycles. The highest BCUT2D eigenvalue weighted by atomic mass is 32.1. The van der Waals surface area contributed by atoms with E-state index in [-0.39, 0.29) is 23.7 Å². The van der Waals surface area contributed by atoms with Crippen LogP contribution in [0.2, 0.25) is 0 Å². The summed E-state index contributed by atoms with van der Waals surface area (Å²) >= 11 is 1.35. The molecule has 4 aromatic rings. The van der Waals surface area contributed by atoms with Gasteiger partial charge in [-0.25, -0.2) is 8.78 Å². The van der Waals surface area contributed by atoms with Gasteiger partial charge in [0.25, 0.3) is 0 Å². The minimum Gasteiger partial charge on any atom is -0.453 e. The van der Waals surface area contributed by atoms with Crippen LogP contribution in [0.15, 0.2) is 78.4 Å². The Morgan fingerprint density at radius 3 is 2.00 bits per heavy atom. The van der Waals surface area contributed by atoms with Gasteiger partial charge in [-0.05, 0) is 68.4 Å². The zero-order chi connectivity index (χ0) is 34.2. The number of hydrogen-bond acceptors (Lipinski definition) is 10. The number of nitrogens with zero attached hydrogens (tertiary/aromatic N) is 2. The van der Waals surface area contributed by atoms with Crippen LogP contribution in [-0.4, -0.2) is 51.7 Å². The summed E-state index contributed by atoms with van der Waals surface area (Å²) < 4.78 is 32.0. The standard InChI is InChI=1S/C20H16FN3O2S.C7H8FN.C3H4O2.C2H6.CH5N/c1-12(26-18-7-5-14(22-2)8-15(18)21)20-17(23-3)9-19(27-20)16-6-4-13(11-25)10-24-16;1-9-7-4-2-6(8)3-5-7;4-2-1-3-5;2*1-2/h4-11,22H,1,3H2,2H3;2-5,9H,1H3;2-3H,1H2;1-2H3;2H2,1H3. The molecule has 0 aliphatic heterocycles. The van der Waals surface area contributed by atoms with Gasteiger partial charge in [-0.15, -0.1) is 11.3 Å². The number of benzene rings is 2. The van der Waals surface area contributed by atoms with Crippen molar-refractivity contribution in [3.05, 3.63) is 95.5 Å². The second-order valence-electron chi connectivity index (χ2n) is 7.82. The van der Waals surface area contributed by atoms with E-state index in [9.17, 15) is 23.2 Å². The van der Waals surface area contributed by atoms with Gasteiger partial charge in [0.15, 0.2) is 17.9 Å². The Balaban J connectivity index is 0.000000883. The first-order valence-electron chi connectivity index (χ1n) is 13.5. The van der Waals surface area contributed by atoms with Gasteiger partial charge in [-0.2, -0.15) is 0 Å². The van der Waals surface area contributed by atoms with Crippen molar-refractivity contribution in [1.29, 1.82) is 0 Å². The Kier molecular flexibility index (Phi) is 20.8. The summed E-state index contributed by atoms with van der Waals surface area (Å²) in [7, 11) is 5.01. The number of carbonyl (C=O) groups excluding carboxylic acids is 3. The molecular formula is C33H39F2N5O4S. The molecular weight excluding hydrogens is 600 g/mol. The highest BCUT2D eigenvalue weighted by molar-refractivity contribution is 7.17. The van der Waals surface area contributed by atoms with E-state index in [2.05, 4.69) is 39.6 Å². The Morgan fingerprint density at radius 1 is 0.956 bits per heavy atom. The second kappa shape index (κ2) is 23.4. The molecule has 4 rings (SSSR count). The normalized spacial score (nSPS) is 8.98. The van der Waals surface area contributed by atoms with Gasteiger partial charge < -0.3 is 30.7 Å². The zero-order valence-corrected chi connectivity index (χ0v) is 26.8. The molecule has 0 bridgehead atoms. The first-order chi connectivity index (χ1) is 21.8. The van der Waals surface area contributed by atoms with E-state index in [1.54, 1.807) is 50.5 Å². The predicted molar refractivity (Wildman–Crippen MR) is 182 cm³/mol. The molecule has 0 radical (unpaired) electrons. The molecule has 2 heterocycles. The maximum atomic E-state index is 14.2. The fourth-order valence-corrected chi connectivity index (χ4v) is 4.02. The lowest BCUT2D eigenvalue weighted by Crippen LogP contribution is -1.96. The summed E-state index contributed by atoms with van der Waals surface area (Å²) in [6, 6.07) is 16.0. The number of aliphatic imine (C=N–C) groups is 1. The average molecular weight is 640 g/mol. The predicted octanol–water partition coefficient (Wildman–Crippen LogP) is 7.43. The highest BCUT2D eigenvalue weighted by Crippen LogP contribution is 2.40. The number of halogens is 2. The molecule has 0 spiro atoms. The third kappa shape index (κ3) is 13.8. The SMILES string of the molecule is C=Nc1cc(-c2ccc(C=O)cn2)sc1C(=C)Oc1ccc(NC)cc1F.CC.CN.CNc1ccc(F)cc1.O=CCC=O. The Morgan fingerprint density at radius 2 is 1.56 bits per heavy atom. The van der Waals surface area contributed by atoms with Gasteiger partial charge in [0, 0.05) is 43.3 Å². The third-order valence-electron chi connectivity index (χ3n) is 5.09. The minimum atomic E-state index is -0.501. The van der Waals surface area contributed by atoms with Crippen LogP contribution in [-0.2, 0) is 9.59 Å². The first-order valence-corrected chi connectivity index (χ1v) is 14.4. The van der Waals surface area contributed by atoms with Gasteiger partial charge in [0.1, 0.15) is 24.1 Å². The molecule has 2 aromatic carbocycles. The Hall–Kier alpha value is -5.07. The monoisotopic (exact) mass is 639 g/mol. The molecule has 0 unspecified atom stereocenters. The molecule has 0 aliphatic rings. The maximum absolute atomic E-state index is 14.2. The van der Waals surface area contributed by atoms with Gasteiger partial charge in [0.2, 0.25) is 0 Å². The largest absolute Gasteiger partial charge is 0.453 e. The van der Waals surface area contributed by atoms with E-state index in [1.165, 1.54) is 48.8 Å². The average Bonchev–Trinajstić information content (AvgIpc) is 3.54. The summed E-state index contributed by atoms with van der Waals surface area (Å²) in [4.78, 5) is 38.8. The Bertz CT molecular complexity index is 1470. The van der Waals surface area contributed by atoms with Crippen molar-refractivity contribution in [2.45, 2.75) is 20.3 Å². The number of aldehydes is 3. The quantitative estimate of drug-likeness (QED) is 0.0706. The molecule has 0 atom stereocenters. The lowest BCUT2D eigenvalue weighted by atomic mass is 10.2. The van der Waals surface area contributed by atoms with Crippen LogP contribution in [0.4, 0.5) is 25.8 Å². The molecule has 0 aliphatic carbocycles.